The van der Waals surface area contributed by atoms with Crippen molar-refractivity contribution in [2.45, 2.75) is 13.5 Å². The molecule has 0 saturated carbocycles. The molecule has 4 N–H and O–H groups in total. The van der Waals surface area contributed by atoms with Gasteiger partial charge in [-0.2, -0.15) is 5.10 Å². The number of pyridine rings is 1. The van der Waals surface area contributed by atoms with Gasteiger partial charge in [-0.25, -0.2) is 4.98 Å². The first-order valence-electron chi connectivity index (χ1n) is 6.13. The maximum Gasteiger partial charge on any atom is 0.185 e. The first-order valence-corrected chi connectivity index (χ1v) is 6.13. The first kappa shape index (κ1) is 11.5. The number of hydrogen-bond donors (Lipinski definition) is 3. The van der Waals surface area contributed by atoms with Crippen molar-refractivity contribution >= 4 is 22.7 Å². The fraction of sp³-hybridized carbons (Fsp3) is 0.143. The summed E-state index contributed by atoms with van der Waals surface area (Å²) >= 11 is 0. The summed E-state index contributed by atoms with van der Waals surface area (Å²) in [5.41, 5.74) is 8.73. The molecule has 2 aromatic heterocycles. The summed E-state index contributed by atoms with van der Waals surface area (Å²) in [4.78, 5) is 4.44. The highest BCUT2D eigenvalue weighted by Gasteiger charge is 2.08. The summed E-state index contributed by atoms with van der Waals surface area (Å²) in [6, 6.07) is 12.2. The SMILES string of the molecule is Cc1cc(NCc2ccccc2)nc2n[nH]c(N)c12. The van der Waals surface area contributed by atoms with Crippen LogP contribution in [0, 0.1) is 6.92 Å². The highest BCUT2D eigenvalue weighted by molar-refractivity contribution is 5.90. The molecule has 0 bridgehead atoms. The number of benzene rings is 1. The smallest absolute Gasteiger partial charge is 0.185 e. The molecule has 3 rings (SSSR count). The summed E-state index contributed by atoms with van der Waals surface area (Å²) in [6.45, 7) is 2.74. The molecule has 96 valence electrons. The lowest BCUT2D eigenvalue weighted by Gasteiger charge is -2.07. The summed E-state index contributed by atoms with van der Waals surface area (Å²) in [5, 5.41) is 11.0. The van der Waals surface area contributed by atoms with Gasteiger partial charge in [0.05, 0.1) is 5.39 Å². The third-order valence-corrected chi connectivity index (χ3v) is 3.07. The number of aryl methyl sites for hydroxylation is 1. The molecule has 5 heteroatoms. The van der Waals surface area contributed by atoms with Crippen molar-refractivity contribution in [2.24, 2.45) is 0 Å². The molecule has 0 unspecified atom stereocenters. The van der Waals surface area contributed by atoms with Gasteiger partial charge in [0.2, 0.25) is 0 Å². The molecule has 0 aliphatic heterocycles. The zero-order valence-corrected chi connectivity index (χ0v) is 10.6. The van der Waals surface area contributed by atoms with Gasteiger partial charge in [-0.05, 0) is 24.1 Å². The Morgan fingerprint density at radius 1 is 1.26 bits per heavy atom. The van der Waals surface area contributed by atoms with Crippen LogP contribution in [0.2, 0.25) is 0 Å². The molecular weight excluding hydrogens is 238 g/mol. The van der Waals surface area contributed by atoms with Crippen molar-refractivity contribution in [1.29, 1.82) is 0 Å². The molecule has 0 aliphatic rings. The van der Waals surface area contributed by atoms with Gasteiger partial charge in [-0.3, -0.25) is 5.10 Å². The largest absolute Gasteiger partial charge is 0.384 e. The molecule has 0 atom stereocenters. The van der Waals surface area contributed by atoms with Gasteiger partial charge in [0, 0.05) is 6.54 Å². The van der Waals surface area contributed by atoms with Gasteiger partial charge >= 0.3 is 0 Å². The number of H-pyrrole nitrogens is 1. The second-order valence-corrected chi connectivity index (χ2v) is 4.50. The first-order chi connectivity index (χ1) is 9.24. The quantitative estimate of drug-likeness (QED) is 0.670. The highest BCUT2D eigenvalue weighted by atomic mass is 15.2. The van der Waals surface area contributed by atoms with Crippen LogP contribution in [0.5, 0.6) is 0 Å². The number of nitrogen functional groups attached to an aromatic ring is 1. The Balaban J connectivity index is 1.86. The van der Waals surface area contributed by atoms with Gasteiger partial charge in [-0.15, -0.1) is 0 Å². The van der Waals surface area contributed by atoms with E-state index in [1.54, 1.807) is 0 Å². The molecule has 0 saturated heterocycles. The maximum absolute atomic E-state index is 5.81. The summed E-state index contributed by atoms with van der Waals surface area (Å²) in [5.74, 6) is 1.37. The minimum absolute atomic E-state index is 0.564. The number of nitrogens with one attached hydrogen (secondary N) is 2. The number of aromatic nitrogens is 3. The lowest BCUT2D eigenvalue weighted by molar-refractivity contribution is 1.08. The van der Waals surface area contributed by atoms with E-state index in [1.165, 1.54) is 5.56 Å². The minimum atomic E-state index is 0.564. The van der Waals surface area contributed by atoms with E-state index in [4.69, 9.17) is 5.73 Å². The Bertz CT molecular complexity index is 702. The van der Waals surface area contributed by atoms with Crippen molar-refractivity contribution in [2.75, 3.05) is 11.1 Å². The zero-order chi connectivity index (χ0) is 13.2. The van der Waals surface area contributed by atoms with E-state index in [1.807, 2.05) is 31.2 Å². The normalized spacial score (nSPS) is 10.8. The van der Waals surface area contributed by atoms with Crippen molar-refractivity contribution in [1.82, 2.24) is 15.2 Å². The summed E-state index contributed by atoms with van der Waals surface area (Å²) in [6.07, 6.45) is 0. The van der Waals surface area contributed by atoms with Crippen molar-refractivity contribution in [3.63, 3.8) is 0 Å². The molecule has 1 aromatic carbocycles. The molecule has 19 heavy (non-hydrogen) atoms. The average Bonchev–Trinajstić information content (AvgIpc) is 2.80. The van der Waals surface area contributed by atoms with E-state index < -0.39 is 0 Å². The highest BCUT2D eigenvalue weighted by Crippen LogP contribution is 2.23. The molecule has 0 radical (unpaired) electrons. The van der Waals surface area contributed by atoms with Crippen LogP contribution in [0.4, 0.5) is 11.6 Å². The predicted octanol–water partition coefficient (Wildman–Crippen LogP) is 2.46. The number of fused-ring (bicyclic) bond motifs is 1. The molecular formula is C14H15N5. The number of rotatable bonds is 3. The standard InChI is InChI=1S/C14H15N5/c1-9-7-11(16-8-10-5-3-2-4-6-10)17-14-12(9)13(15)18-19-14/h2-7H,8H2,1H3,(H4,15,16,17,18,19). The van der Waals surface area contributed by atoms with Gasteiger partial charge in [0.25, 0.3) is 0 Å². The number of nitrogens with two attached hydrogens (primary N) is 1. The fourth-order valence-corrected chi connectivity index (χ4v) is 2.12. The third kappa shape index (κ3) is 2.22. The lowest BCUT2D eigenvalue weighted by atomic mass is 10.2. The fourth-order valence-electron chi connectivity index (χ4n) is 2.12. The second kappa shape index (κ2) is 4.61. The van der Waals surface area contributed by atoms with Crippen molar-refractivity contribution in [3.8, 4) is 0 Å². The van der Waals surface area contributed by atoms with E-state index in [0.717, 1.165) is 23.3 Å². The molecule has 5 nitrogen and oxygen atoms in total. The van der Waals surface area contributed by atoms with E-state index in [2.05, 4.69) is 32.6 Å². The van der Waals surface area contributed by atoms with Crippen molar-refractivity contribution in [3.05, 3.63) is 47.5 Å². The van der Waals surface area contributed by atoms with E-state index in [0.29, 0.717) is 11.5 Å². The van der Waals surface area contributed by atoms with Gasteiger partial charge < -0.3 is 11.1 Å². The minimum Gasteiger partial charge on any atom is -0.384 e. The molecule has 0 amide bonds. The summed E-state index contributed by atoms with van der Waals surface area (Å²) in [7, 11) is 0. The Kier molecular flexibility index (Phi) is 2.79. The van der Waals surface area contributed by atoms with Crippen LogP contribution in [0.25, 0.3) is 11.0 Å². The second-order valence-electron chi connectivity index (χ2n) is 4.50. The third-order valence-electron chi connectivity index (χ3n) is 3.07. The van der Waals surface area contributed by atoms with E-state index >= 15 is 0 Å². The molecule has 0 spiro atoms. The Morgan fingerprint density at radius 2 is 2.05 bits per heavy atom. The molecule has 0 fully saturated rings. The Morgan fingerprint density at radius 3 is 2.84 bits per heavy atom. The monoisotopic (exact) mass is 253 g/mol. The van der Waals surface area contributed by atoms with Crippen LogP contribution in [-0.4, -0.2) is 15.2 Å². The van der Waals surface area contributed by atoms with Crippen molar-refractivity contribution < 1.29 is 0 Å². The van der Waals surface area contributed by atoms with Crippen LogP contribution in [0.3, 0.4) is 0 Å². The molecule has 0 aliphatic carbocycles. The Hall–Kier alpha value is -2.56. The molecule has 3 aromatic rings. The number of anilines is 2. The van der Waals surface area contributed by atoms with Gasteiger partial charge in [-0.1, -0.05) is 30.3 Å². The van der Waals surface area contributed by atoms with Crippen LogP contribution >= 0.6 is 0 Å². The van der Waals surface area contributed by atoms with Crippen LogP contribution in [-0.2, 0) is 6.54 Å². The summed E-state index contributed by atoms with van der Waals surface area (Å²) < 4.78 is 0. The number of hydrogen-bond acceptors (Lipinski definition) is 4. The predicted molar refractivity (Wildman–Crippen MR) is 76.8 cm³/mol. The zero-order valence-electron chi connectivity index (χ0n) is 10.6. The number of aromatic amines is 1. The number of nitrogens with zero attached hydrogens (tertiary/aromatic N) is 2. The van der Waals surface area contributed by atoms with Crippen LogP contribution in [0.15, 0.2) is 36.4 Å². The molecule has 2 heterocycles. The topological polar surface area (TPSA) is 79.6 Å². The average molecular weight is 253 g/mol. The van der Waals surface area contributed by atoms with E-state index in [9.17, 15) is 0 Å². The Labute approximate surface area is 110 Å². The lowest BCUT2D eigenvalue weighted by Crippen LogP contribution is -2.02. The van der Waals surface area contributed by atoms with E-state index in [-0.39, 0.29) is 0 Å². The van der Waals surface area contributed by atoms with Gasteiger partial charge in [0.15, 0.2) is 5.65 Å². The maximum atomic E-state index is 5.81. The van der Waals surface area contributed by atoms with Crippen LogP contribution < -0.4 is 11.1 Å². The van der Waals surface area contributed by atoms with Gasteiger partial charge in [0.1, 0.15) is 11.6 Å². The van der Waals surface area contributed by atoms with Crippen LogP contribution in [0.1, 0.15) is 11.1 Å².